The van der Waals surface area contributed by atoms with Crippen LogP contribution in [0.15, 0.2) is 24.3 Å². The second-order valence-corrected chi connectivity index (χ2v) is 4.21. The summed E-state index contributed by atoms with van der Waals surface area (Å²) in [6, 6.07) is 7.55. The summed E-state index contributed by atoms with van der Waals surface area (Å²) in [6.45, 7) is 3.84. The van der Waals surface area contributed by atoms with Gasteiger partial charge in [-0.3, -0.25) is 4.79 Å². The molecule has 0 aliphatic rings. The molecule has 3 heteroatoms. The molecule has 0 radical (unpaired) electrons. The van der Waals surface area contributed by atoms with E-state index in [9.17, 15) is 9.18 Å². The zero-order chi connectivity index (χ0) is 12.8. The Labute approximate surface area is 101 Å². The standard InChI is InChI=1S/C14H16FNO/c1-3-4-10(2)14(17)13(9-16)11-5-7-12(15)8-6-11/h5-8,10,13H,3-4H2,1-2H3. The molecule has 0 bridgehead atoms. The summed E-state index contributed by atoms with van der Waals surface area (Å²) in [6.07, 6.45) is 1.69. The average molecular weight is 233 g/mol. The molecule has 0 spiro atoms. The summed E-state index contributed by atoms with van der Waals surface area (Å²) in [5.41, 5.74) is 0.571. The third kappa shape index (κ3) is 3.39. The molecule has 0 aliphatic heterocycles. The smallest absolute Gasteiger partial charge is 0.157 e. The minimum Gasteiger partial charge on any atom is -0.298 e. The normalized spacial score (nSPS) is 13.8. The minimum atomic E-state index is -0.780. The Morgan fingerprint density at radius 3 is 2.47 bits per heavy atom. The van der Waals surface area contributed by atoms with Gasteiger partial charge in [-0.1, -0.05) is 32.4 Å². The highest BCUT2D eigenvalue weighted by Crippen LogP contribution is 2.22. The lowest BCUT2D eigenvalue weighted by Gasteiger charge is -2.13. The highest BCUT2D eigenvalue weighted by atomic mass is 19.1. The van der Waals surface area contributed by atoms with Crippen molar-refractivity contribution in [3.05, 3.63) is 35.6 Å². The zero-order valence-electron chi connectivity index (χ0n) is 10.1. The lowest BCUT2D eigenvalue weighted by molar-refractivity contribution is -0.122. The molecular formula is C14H16FNO. The van der Waals surface area contributed by atoms with Crippen molar-refractivity contribution in [2.75, 3.05) is 0 Å². The Morgan fingerprint density at radius 2 is 2.00 bits per heavy atom. The van der Waals surface area contributed by atoms with Crippen LogP contribution in [0.4, 0.5) is 4.39 Å². The van der Waals surface area contributed by atoms with Crippen LogP contribution in [-0.2, 0) is 4.79 Å². The fraction of sp³-hybridized carbons (Fsp3) is 0.429. The van der Waals surface area contributed by atoms with Crippen molar-refractivity contribution >= 4 is 5.78 Å². The fourth-order valence-corrected chi connectivity index (χ4v) is 1.82. The second kappa shape index (κ2) is 6.15. The third-order valence-corrected chi connectivity index (χ3v) is 2.82. The number of carbonyl (C=O) groups excluding carboxylic acids is 1. The zero-order valence-corrected chi connectivity index (χ0v) is 10.1. The van der Waals surface area contributed by atoms with Crippen molar-refractivity contribution in [1.82, 2.24) is 0 Å². The number of benzene rings is 1. The number of ketones is 1. The number of nitriles is 1. The van der Waals surface area contributed by atoms with Gasteiger partial charge < -0.3 is 0 Å². The average Bonchev–Trinajstić information content (AvgIpc) is 2.32. The summed E-state index contributed by atoms with van der Waals surface area (Å²) in [5.74, 6) is -1.35. The monoisotopic (exact) mass is 233 g/mol. The topological polar surface area (TPSA) is 40.9 Å². The van der Waals surface area contributed by atoms with Crippen LogP contribution in [0.1, 0.15) is 38.2 Å². The number of hydrogen-bond acceptors (Lipinski definition) is 2. The van der Waals surface area contributed by atoms with Gasteiger partial charge in [0.25, 0.3) is 0 Å². The molecule has 0 heterocycles. The molecule has 0 aliphatic carbocycles. The van der Waals surface area contributed by atoms with Gasteiger partial charge in [0, 0.05) is 5.92 Å². The summed E-state index contributed by atoms with van der Waals surface area (Å²) < 4.78 is 12.8. The highest BCUT2D eigenvalue weighted by molar-refractivity contribution is 5.90. The highest BCUT2D eigenvalue weighted by Gasteiger charge is 2.24. The molecule has 0 fully saturated rings. The molecule has 1 rings (SSSR count). The Hall–Kier alpha value is -1.69. The Kier molecular flexibility index (Phi) is 4.84. The van der Waals surface area contributed by atoms with Crippen molar-refractivity contribution < 1.29 is 9.18 Å². The largest absolute Gasteiger partial charge is 0.298 e. The van der Waals surface area contributed by atoms with E-state index in [0.717, 1.165) is 12.8 Å². The first-order chi connectivity index (χ1) is 8.10. The predicted molar refractivity (Wildman–Crippen MR) is 63.8 cm³/mol. The molecule has 90 valence electrons. The molecule has 0 saturated carbocycles. The van der Waals surface area contributed by atoms with Gasteiger partial charge in [0.05, 0.1) is 6.07 Å². The Balaban J connectivity index is 2.89. The van der Waals surface area contributed by atoms with E-state index in [4.69, 9.17) is 5.26 Å². The number of Topliss-reactive ketones (excluding diaryl/α,β-unsaturated/α-hetero) is 1. The third-order valence-electron chi connectivity index (χ3n) is 2.82. The quantitative estimate of drug-likeness (QED) is 0.781. The first kappa shape index (κ1) is 13.4. The molecule has 2 unspecified atom stereocenters. The van der Waals surface area contributed by atoms with E-state index in [2.05, 4.69) is 0 Å². The van der Waals surface area contributed by atoms with Crippen molar-refractivity contribution in [2.24, 2.45) is 5.92 Å². The fourth-order valence-electron chi connectivity index (χ4n) is 1.82. The number of hydrogen-bond donors (Lipinski definition) is 0. The molecule has 2 atom stereocenters. The molecule has 0 aromatic heterocycles. The summed E-state index contributed by atoms with van der Waals surface area (Å²) in [4.78, 5) is 12.0. The summed E-state index contributed by atoms with van der Waals surface area (Å²) in [5, 5.41) is 9.07. The Morgan fingerprint density at radius 1 is 1.41 bits per heavy atom. The van der Waals surface area contributed by atoms with E-state index in [1.807, 2.05) is 19.9 Å². The van der Waals surface area contributed by atoms with Gasteiger partial charge in [-0.05, 0) is 24.1 Å². The van der Waals surface area contributed by atoms with E-state index in [1.54, 1.807) is 0 Å². The molecule has 1 aromatic rings. The Bertz CT molecular complexity index is 419. The van der Waals surface area contributed by atoms with E-state index in [-0.39, 0.29) is 17.5 Å². The lowest BCUT2D eigenvalue weighted by Crippen LogP contribution is -2.19. The minimum absolute atomic E-state index is 0.0824. The van der Waals surface area contributed by atoms with Crippen LogP contribution < -0.4 is 0 Å². The van der Waals surface area contributed by atoms with E-state index >= 15 is 0 Å². The van der Waals surface area contributed by atoms with Crippen molar-refractivity contribution in [1.29, 1.82) is 5.26 Å². The molecule has 2 nitrogen and oxygen atoms in total. The first-order valence-corrected chi connectivity index (χ1v) is 5.79. The van der Waals surface area contributed by atoms with Gasteiger partial charge in [0.1, 0.15) is 11.7 Å². The van der Waals surface area contributed by atoms with Crippen LogP contribution in [0, 0.1) is 23.1 Å². The van der Waals surface area contributed by atoms with Crippen molar-refractivity contribution in [3.8, 4) is 6.07 Å². The van der Waals surface area contributed by atoms with Gasteiger partial charge in [-0.25, -0.2) is 4.39 Å². The van der Waals surface area contributed by atoms with Crippen LogP contribution in [0.2, 0.25) is 0 Å². The SMILES string of the molecule is CCCC(C)C(=O)C(C#N)c1ccc(F)cc1. The maximum absolute atomic E-state index is 12.8. The number of halogens is 1. The molecule has 0 N–H and O–H groups in total. The van der Waals surface area contributed by atoms with Gasteiger partial charge in [0.15, 0.2) is 5.78 Å². The summed E-state index contributed by atoms with van der Waals surface area (Å²) >= 11 is 0. The number of nitrogens with zero attached hydrogens (tertiary/aromatic N) is 1. The maximum atomic E-state index is 12.8. The van der Waals surface area contributed by atoms with Gasteiger partial charge in [0.2, 0.25) is 0 Å². The molecular weight excluding hydrogens is 217 g/mol. The van der Waals surface area contributed by atoms with Crippen LogP contribution >= 0.6 is 0 Å². The predicted octanol–water partition coefficient (Wildman–Crippen LogP) is 3.44. The lowest BCUT2D eigenvalue weighted by atomic mass is 9.87. The molecule has 0 saturated heterocycles. The van der Waals surface area contributed by atoms with Crippen LogP contribution in [0.25, 0.3) is 0 Å². The van der Waals surface area contributed by atoms with Gasteiger partial charge >= 0.3 is 0 Å². The van der Waals surface area contributed by atoms with E-state index in [1.165, 1.54) is 24.3 Å². The van der Waals surface area contributed by atoms with E-state index < -0.39 is 5.92 Å². The van der Waals surface area contributed by atoms with Crippen molar-refractivity contribution in [3.63, 3.8) is 0 Å². The molecule has 1 aromatic carbocycles. The van der Waals surface area contributed by atoms with Gasteiger partial charge in [-0.15, -0.1) is 0 Å². The first-order valence-electron chi connectivity index (χ1n) is 5.79. The molecule has 17 heavy (non-hydrogen) atoms. The van der Waals surface area contributed by atoms with Crippen LogP contribution in [0.5, 0.6) is 0 Å². The van der Waals surface area contributed by atoms with Crippen molar-refractivity contribution in [2.45, 2.75) is 32.6 Å². The second-order valence-electron chi connectivity index (χ2n) is 4.21. The summed E-state index contributed by atoms with van der Waals surface area (Å²) in [7, 11) is 0. The molecule has 0 amide bonds. The number of carbonyl (C=O) groups is 1. The van der Waals surface area contributed by atoms with Crippen LogP contribution in [-0.4, -0.2) is 5.78 Å². The van der Waals surface area contributed by atoms with Gasteiger partial charge in [-0.2, -0.15) is 5.26 Å². The maximum Gasteiger partial charge on any atom is 0.157 e. The number of rotatable bonds is 5. The van der Waals surface area contributed by atoms with Crippen LogP contribution in [0.3, 0.4) is 0 Å². The van der Waals surface area contributed by atoms with E-state index in [0.29, 0.717) is 5.56 Å².